The Balaban J connectivity index is 2.53. The molecule has 19 heavy (non-hydrogen) atoms. The maximum absolute atomic E-state index is 12.6. The van der Waals surface area contributed by atoms with Gasteiger partial charge < -0.3 is 4.74 Å². The summed E-state index contributed by atoms with van der Waals surface area (Å²) in [7, 11) is 1.38. The predicted octanol–water partition coefficient (Wildman–Crippen LogP) is 3.60. The van der Waals surface area contributed by atoms with Crippen LogP contribution in [0.5, 0.6) is 5.88 Å². The molecule has 0 aliphatic heterocycles. The first-order valence-electron chi connectivity index (χ1n) is 4.86. The summed E-state index contributed by atoms with van der Waals surface area (Å²) >= 11 is 11.6. The summed E-state index contributed by atoms with van der Waals surface area (Å²) in [5.74, 6) is 0.187. The third-order valence-electron chi connectivity index (χ3n) is 2.22. The number of hydrogen-bond donors (Lipinski definition) is 0. The number of methoxy groups -OCH3 is 1. The lowest BCUT2D eigenvalue weighted by Crippen LogP contribution is -2.07. The summed E-state index contributed by atoms with van der Waals surface area (Å²) in [5.41, 5.74) is -0.884. The molecule has 1 aromatic carbocycles. The molecule has 2 aromatic rings. The van der Waals surface area contributed by atoms with Crippen LogP contribution < -0.4 is 4.74 Å². The van der Waals surface area contributed by atoms with Gasteiger partial charge in [-0.15, -0.1) is 9.90 Å². The average molecular weight is 312 g/mol. The predicted molar refractivity (Wildman–Crippen MR) is 62.9 cm³/mol. The molecular formula is C10H6Cl2F3N3O. The average Bonchev–Trinajstić information content (AvgIpc) is 2.75. The molecule has 0 bridgehead atoms. The topological polar surface area (TPSA) is 39.9 Å². The van der Waals surface area contributed by atoms with Gasteiger partial charge in [0.1, 0.15) is 11.9 Å². The number of hydrogen-bond acceptors (Lipinski definition) is 3. The number of benzene rings is 1. The van der Waals surface area contributed by atoms with Crippen molar-refractivity contribution in [2.75, 3.05) is 7.11 Å². The molecule has 9 heteroatoms. The van der Waals surface area contributed by atoms with Gasteiger partial charge in [0.15, 0.2) is 0 Å². The molecule has 0 aliphatic rings. The number of rotatable bonds is 2. The molecule has 0 aliphatic carbocycles. The largest absolute Gasteiger partial charge is 0.479 e. The molecule has 0 unspecified atom stereocenters. The van der Waals surface area contributed by atoms with Crippen LogP contribution in [0.15, 0.2) is 18.3 Å². The Bertz CT molecular complexity index is 589. The zero-order valence-corrected chi connectivity index (χ0v) is 10.9. The van der Waals surface area contributed by atoms with Gasteiger partial charge in [0.2, 0.25) is 0 Å². The normalized spacial score (nSPS) is 11.7. The fourth-order valence-corrected chi connectivity index (χ4v) is 2.01. The molecular weight excluding hydrogens is 306 g/mol. The van der Waals surface area contributed by atoms with Crippen LogP contribution in [0.25, 0.3) is 5.69 Å². The summed E-state index contributed by atoms with van der Waals surface area (Å²) in [5, 5.41) is 7.23. The van der Waals surface area contributed by atoms with Gasteiger partial charge in [-0.05, 0) is 12.1 Å². The molecule has 102 valence electrons. The SMILES string of the molecule is COc1cnn(-c2c(Cl)cc(C(F)(F)F)cc2Cl)n1. The van der Waals surface area contributed by atoms with Crippen LogP contribution >= 0.6 is 23.2 Å². The van der Waals surface area contributed by atoms with Crippen LogP contribution in [-0.2, 0) is 6.18 Å². The number of alkyl halides is 3. The van der Waals surface area contributed by atoms with Crippen LogP contribution in [0.1, 0.15) is 5.56 Å². The highest BCUT2D eigenvalue weighted by Gasteiger charge is 2.32. The Hall–Kier alpha value is -1.47. The Morgan fingerprint density at radius 3 is 2.21 bits per heavy atom. The number of ether oxygens (including phenoxy) is 1. The van der Waals surface area contributed by atoms with E-state index < -0.39 is 11.7 Å². The molecule has 4 nitrogen and oxygen atoms in total. The maximum atomic E-state index is 12.6. The van der Waals surface area contributed by atoms with Crippen molar-refractivity contribution in [2.45, 2.75) is 6.18 Å². The molecule has 0 N–H and O–H groups in total. The number of halogens is 5. The highest BCUT2D eigenvalue weighted by atomic mass is 35.5. The minimum Gasteiger partial charge on any atom is -0.479 e. The molecule has 0 atom stereocenters. The van der Waals surface area contributed by atoms with Crippen LogP contribution in [0.3, 0.4) is 0 Å². The molecule has 0 saturated heterocycles. The second-order valence-corrected chi connectivity index (χ2v) is 4.28. The van der Waals surface area contributed by atoms with Gasteiger partial charge in [-0.1, -0.05) is 23.2 Å². The van der Waals surface area contributed by atoms with Crippen molar-refractivity contribution < 1.29 is 17.9 Å². The first-order valence-corrected chi connectivity index (χ1v) is 5.61. The smallest absolute Gasteiger partial charge is 0.416 e. The Labute approximate surface area is 115 Å². The van der Waals surface area contributed by atoms with E-state index in [0.717, 1.165) is 16.9 Å². The van der Waals surface area contributed by atoms with E-state index in [1.807, 2.05) is 0 Å². The van der Waals surface area contributed by atoms with Gasteiger partial charge in [-0.3, -0.25) is 0 Å². The molecule has 0 radical (unpaired) electrons. The zero-order valence-electron chi connectivity index (χ0n) is 9.37. The number of aromatic nitrogens is 3. The summed E-state index contributed by atoms with van der Waals surface area (Å²) in [6.07, 6.45) is -3.24. The molecule has 0 amide bonds. The Morgan fingerprint density at radius 2 is 1.79 bits per heavy atom. The zero-order chi connectivity index (χ0) is 14.2. The lowest BCUT2D eigenvalue weighted by Gasteiger charge is -2.11. The lowest BCUT2D eigenvalue weighted by molar-refractivity contribution is -0.137. The maximum Gasteiger partial charge on any atom is 0.416 e. The van der Waals surface area contributed by atoms with E-state index in [4.69, 9.17) is 27.9 Å². The quantitative estimate of drug-likeness (QED) is 0.850. The van der Waals surface area contributed by atoms with Crippen LogP contribution in [-0.4, -0.2) is 22.1 Å². The minimum absolute atomic E-state index is 0.0552. The molecule has 0 saturated carbocycles. The number of nitrogens with zero attached hydrogens (tertiary/aromatic N) is 3. The first-order chi connectivity index (χ1) is 8.82. The van der Waals surface area contributed by atoms with Gasteiger partial charge in [0.25, 0.3) is 5.88 Å². The van der Waals surface area contributed by atoms with Gasteiger partial charge >= 0.3 is 6.18 Å². The standard InChI is InChI=1S/C10H6Cl2F3N3O/c1-19-8-4-16-18(17-8)9-6(11)2-5(3-7(9)12)10(13,14)15/h2-4H,1H3. The Kier molecular flexibility index (Phi) is 3.60. The van der Waals surface area contributed by atoms with Crippen molar-refractivity contribution in [1.82, 2.24) is 15.0 Å². The van der Waals surface area contributed by atoms with E-state index in [-0.39, 0.29) is 21.6 Å². The highest BCUT2D eigenvalue weighted by molar-refractivity contribution is 6.37. The van der Waals surface area contributed by atoms with E-state index in [2.05, 4.69) is 10.2 Å². The summed E-state index contributed by atoms with van der Waals surface area (Å²) in [6, 6.07) is 1.53. The lowest BCUT2D eigenvalue weighted by atomic mass is 10.2. The summed E-state index contributed by atoms with van der Waals surface area (Å²) in [6.45, 7) is 0. The molecule has 2 rings (SSSR count). The second-order valence-electron chi connectivity index (χ2n) is 3.46. The molecule has 0 fully saturated rings. The van der Waals surface area contributed by atoms with E-state index in [1.54, 1.807) is 0 Å². The van der Waals surface area contributed by atoms with Crippen LogP contribution in [0, 0.1) is 0 Å². The third kappa shape index (κ3) is 2.76. The third-order valence-corrected chi connectivity index (χ3v) is 2.80. The fraction of sp³-hybridized carbons (Fsp3) is 0.200. The first kappa shape index (κ1) is 14.0. The van der Waals surface area contributed by atoms with E-state index in [0.29, 0.717) is 0 Å². The molecule has 1 heterocycles. The van der Waals surface area contributed by atoms with Crippen molar-refractivity contribution in [1.29, 1.82) is 0 Å². The van der Waals surface area contributed by atoms with Gasteiger partial charge in [-0.25, -0.2) is 0 Å². The van der Waals surface area contributed by atoms with Crippen LogP contribution in [0.2, 0.25) is 10.0 Å². The van der Waals surface area contributed by atoms with Gasteiger partial charge in [-0.2, -0.15) is 18.3 Å². The summed E-state index contributed by atoms with van der Waals surface area (Å²) in [4.78, 5) is 1.00. The van der Waals surface area contributed by atoms with Gasteiger partial charge in [0, 0.05) is 0 Å². The van der Waals surface area contributed by atoms with Crippen molar-refractivity contribution in [3.05, 3.63) is 33.9 Å². The van der Waals surface area contributed by atoms with Crippen LogP contribution in [0.4, 0.5) is 13.2 Å². The van der Waals surface area contributed by atoms with Crippen molar-refractivity contribution in [3.63, 3.8) is 0 Å². The molecule has 0 spiro atoms. The van der Waals surface area contributed by atoms with E-state index in [9.17, 15) is 13.2 Å². The highest BCUT2D eigenvalue weighted by Crippen LogP contribution is 2.37. The van der Waals surface area contributed by atoms with E-state index >= 15 is 0 Å². The fourth-order valence-electron chi connectivity index (χ4n) is 1.37. The molecule has 1 aromatic heterocycles. The monoisotopic (exact) mass is 311 g/mol. The van der Waals surface area contributed by atoms with Crippen molar-refractivity contribution in [3.8, 4) is 11.6 Å². The summed E-state index contributed by atoms with van der Waals surface area (Å²) < 4.78 is 42.5. The van der Waals surface area contributed by atoms with E-state index in [1.165, 1.54) is 13.3 Å². The minimum atomic E-state index is -4.53. The second kappa shape index (κ2) is 4.90. The van der Waals surface area contributed by atoms with Crippen molar-refractivity contribution in [2.24, 2.45) is 0 Å². The van der Waals surface area contributed by atoms with Crippen molar-refractivity contribution >= 4 is 23.2 Å². The Morgan fingerprint density at radius 1 is 1.21 bits per heavy atom. The van der Waals surface area contributed by atoms with Gasteiger partial charge in [0.05, 0.1) is 22.7 Å².